The maximum atomic E-state index is 11.8. The van der Waals surface area contributed by atoms with Crippen LogP contribution in [-0.4, -0.2) is 33.8 Å². The van der Waals surface area contributed by atoms with Crippen molar-refractivity contribution in [3.8, 4) is 5.75 Å². The molecule has 0 spiro atoms. The van der Waals surface area contributed by atoms with Crippen LogP contribution in [0.4, 0.5) is 5.82 Å². The van der Waals surface area contributed by atoms with Gasteiger partial charge in [0.15, 0.2) is 6.61 Å². The lowest BCUT2D eigenvalue weighted by molar-refractivity contribution is -0.139. The van der Waals surface area contributed by atoms with Crippen molar-refractivity contribution in [3.63, 3.8) is 0 Å². The van der Waals surface area contributed by atoms with E-state index in [-0.39, 0.29) is 18.2 Å². The number of carbonyl (C=O) groups excluding carboxylic acids is 1. The minimum absolute atomic E-state index is 0.161. The number of benzene rings is 1. The van der Waals surface area contributed by atoms with E-state index in [1.165, 1.54) is 0 Å². The zero-order valence-corrected chi connectivity index (χ0v) is 12.1. The first-order chi connectivity index (χ1) is 10.5. The monoisotopic (exact) mass is 321 g/mol. The van der Waals surface area contributed by atoms with E-state index in [4.69, 9.17) is 21.4 Å². The summed E-state index contributed by atoms with van der Waals surface area (Å²) >= 11 is 6.04. The Morgan fingerprint density at radius 1 is 1.45 bits per heavy atom. The summed E-state index contributed by atoms with van der Waals surface area (Å²) in [5.41, 5.74) is 1.47. The van der Waals surface area contributed by atoms with Gasteiger partial charge in [0.2, 0.25) is 5.91 Å². The van der Waals surface area contributed by atoms with Crippen LogP contribution in [0.25, 0.3) is 0 Å². The van der Waals surface area contributed by atoms with E-state index < -0.39 is 12.6 Å². The van der Waals surface area contributed by atoms with Crippen LogP contribution in [0.1, 0.15) is 23.5 Å². The topological polar surface area (TPSA) is 104 Å². The molecule has 3 N–H and O–H groups in total. The van der Waals surface area contributed by atoms with Gasteiger partial charge in [0, 0.05) is 28.5 Å². The highest BCUT2D eigenvalue weighted by Crippen LogP contribution is 2.40. The number of amides is 1. The molecule has 7 nitrogen and oxygen atoms in total. The van der Waals surface area contributed by atoms with Crippen molar-refractivity contribution in [1.29, 1.82) is 0 Å². The number of halogens is 1. The average Bonchev–Trinajstić information content (AvgIpc) is 2.93. The summed E-state index contributed by atoms with van der Waals surface area (Å²) in [7, 11) is 0. The number of anilines is 1. The molecule has 2 heterocycles. The highest BCUT2D eigenvalue weighted by Gasteiger charge is 2.30. The van der Waals surface area contributed by atoms with Crippen LogP contribution in [0.3, 0.4) is 0 Å². The van der Waals surface area contributed by atoms with Crippen LogP contribution in [0.2, 0.25) is 5.02 Å². The molecule has 0 radical (unpaired) electrons. The van der Waals surface area contributed by atoms with Gasteiger partial charge in [-0.15, -0.1) is 0 Å². The Bertz CT molecular complexity index is 743. The van der Waals surface area contributed by atoms with Crippen molar-refractivity contribution in [3.05, 3.63) is 40.5 Å². The number of hydrogen-bond acceptors (Lipinski definition) is 4. The number of H-pyrrole nitrogens is 1. The van der Waals surface area contributed by atoms with Crippen LogP contribution >= 0.6 is 11.6 Å². The van der Waals surface area contributed by atoms with Crippen molar-refractivity contribution in [2.24, 2.45) is 0 Å². The molecule has 8 heteroatoms. The molecule has 1 aromatic carbocycles. The number of carboxylic acid groups (broad SMARTS) is 1. The minimum atomic E-state index is -1.08. The van der Waals surface area contributed by atoms with E-state index in [9.17, 15) is 9.59 Å². The van der Waals surface area contributed by atoms with Gasteiger partial charge < -0.3 is 15.2 Å². The smallest absolute Gasteiger partial charge is 0.341 e. The molecule has 0 saturated carbocycles. The number of carbonyl (C=O) groups is 2. The summed E-state index contributed by atoms with van der Waals surface area (Å²) in [5.74, 6) is -0.619. The van der Waals surface area contributed by atoms with E-state index in [2.05, 4.69) is 15.5 Å². The van der Waals surface area contributed by atoms with Gasteiger partial charge in [-0.05, 0) is 18.2 Å². The van der Waals surface area contributed by atoms with E-state index in [0.717, 1.165) is 5.56 Å². The van der Waals surface area contributed by atoms with Crippen LogP contribution in [0, 0.1) is 0 Å². The highest BCUT2D eigenvalue weighted by molar-refractivity contribution is 6.30. The van der Waals surface area contributed by atoms with E-state index in [1.54, 1.807) is 24.4 Å². The lowest BCUT2D eigenvalue weighted by Gasteiger charge is -2.24. The quantitative estimate of drug-likeness (QED) is 0.799. The highest BCUT2D eigenvalue weighted by atomic mass is 35.5. The fourth-order valence-corrected chi connectivity index (χ4v) is 2.67. The number of nitrogens with zero attached hydrogens (tertiary/aromatic N) is 1. The lowest BCUT2D eigenvalue weighted by Crippen LogP contribution is -2.23. The Labute approximate surface area is 130 Å². The molecular weight excluding hydrogens is 310 g/mol. The number of rotatable bonds is 4. The van der Waals surface area contributed by atoms with Crippen molar-refractivity contribution in [1.82, 2.24) is 10.2 Å². The zero-order valence-electron chi connectivity index (χ0n) is 11.3. The van der Waals surface area contributed by atoms with Crippen molar-refractivity contribution in [2.45, 2.75) is 12.3 Å². The predicted octanol–water partition coefficient (Wildman–Crippen LogP) is 2.00. The summed E-state index contributed by atoms with van der Waals surface area (Å²) in [6.45, 7) is -0.466. The number of hydrogen-bond donors (Lipinski definition) is 3. The molecular formula is C14H12ClN3O4. The SMILES string of the molecule is O=C(O)COc1ccc(Cl)cc1[C@@H]1CC(=O)Nc2[nH]ncc21. The Kier molecular flexibility index (Phi) is 3.72. The Hall–Kier alpha value is -2.54. The third-order valence-corrected chi connectivity index (χ3v) is 3.63. The maximum Gasteiger partial charge on any atom is 0.341 e. The van der Waals surface area contributed by atoms with Gasteiger partial charge in [-0.1, -0.05) is 11.6 Å². The summed E-state index contributed by atoms with van der Waals surface area (Å²) in [6, 6.07) is 4.90. The molecule has 1 aromatic heterocycles. The number of aromatic nitrogens is 2. The van der Waals surface area contributed by atoms with Crippen LogP contribution in [0.5, 0.6) is 5.75 Å². The van der Waals surface area contributed by atoms with Crippen molar-refractivity contribution in [2.75, 3.05) is 11.9 Å². The third kappa shape index (κ3) is 2.75. The molecule has 0 bridgehead atoms. The number of carboxylic acids is 1. The Morgan fingerprint density at radius 3 is 3.05 bits per heavy atom. The lowest BCUT2D eigenvalue weighted by atomic mass is 9.87. The van der Waals surface area contributed by atoms with Crippen molar-refractivity contribution >= 4 is 29.3 Å². The van der Waals surface area contributed by atoms with Crippen LogP contribution < -0.4 is 10.1 Å². The Balaban J connectivity index is 2.02. The van der Waals surface area contributed by atoms with Crippen LogP contribution in [0.15, 0.2) is 24.4 Å². The normalized spacial score (nSPS) is 16.8. The van der Waals surface area contributed by atoms with Gasteiger partial charge in [-0.2, -0.15) is 5.10 Å². The molecule has 0 aliphatic carbocycles. The molecule has 2 aromatic rings. The molecule has 1 aliphatic rings. The summed E-state index contributed by atoms with van der Waals surface area (Å²) in [4.78, 5) is 22.5. The number of nitrogens with one attached hydrogen (secondary N) is 2. The molecule has 0 saturated heterocycles. The van der Waals surface area contributed by atoms with Gasteiger partial charge >= 0.3 is 5.97 Å². The second-order valence-electron chi connectivity index (χ2n) is 4.87. The molecule has 1 atom stereocenters. The third-order valence-electron chi connectivity index (χ3n) is 3.40. The molecule has 22 heavy (non-hydrogen) atoms. The fraction of sp³-hybridized carbons (Fsp3) is 0.214. The molecule has 0 unspecified atom stereocenters. The van der Waals surface area contributed by atoms with E-state index in [1.807, 2.05) is 0 Å². The number of aliphatic carboxylic acids is 1. The summed E-state index contributed by atoms with van der Waals surface area (Å²) in [6.07, 6.45) is 1.83. The first-order valence-electron chi connectivity index (χ1n) is 6.51. The standard InChI is InChI=1S/C14H12ClN3O4/c15-7-1-2-11(22-6-13(20)21)9(3-7)8-4-12(19)17-14-10(8)5-16-18-14/h1-3,5,8H,4,6H2,(H,20,21)(H2,16,17,18,19)/t8-/m0/s1. The molecule has 1 amide bonds. The molecule has 1 aliphatic heterocycles. The van der Waals surface area contributed by atoms with Gasteiger partial charge in [-0.3, -0.25) is 9.89 Å². The van der Waals surface area contributed by atoms with Gasteiger partial charge in [0.05, 0.1) is 6.20 Å². The first-order valence-corrected chi connectivity index (χ1v) is 6.89. The first kappa shape index (κ1) is 14.4. The van der Waals surface area contributed by atoms with Crippen LogP contribution in [-0.2, 0) is 9.59 Å². The van der Waals surface area contributed by atoms with Gasteiger partial charge in [-0.25, -0.2) is 4.79 Å². The largest absolute Gasteiger partial charge is 0.482 e. The van der Waals surface area contributed by atoms with Gasteiger partial charge in [0.1, 0.15) is 11.6 Å². The summed E-state index contributed by atoms with van der Waals surface area (Å²) in [5, 5.41) is 18.6. The van der Waals surface area contributed by atoms with Gasteiger partial charge in [0.25, 0.3) is 0 Å². The summed E-state index contributed by atoms with van der Waals surface area (Å²) < 4.78 is 5.31. The van der Waals surface area contributed by atoms with E-state index >= 15 is 0 Å². The van der Waals surface area contributed by atoms with E-state index in [0.29, 0.717) is 22.2 Å². The number of fused-ring (bicyclic) bond motifs is 1. The zero-order chi connectivity index (χ0) is 15.7. The predicted molar refractivity (Wildman–Crippen MR) is 78.3 cm³/mol. The molecule has 0 fully saturated rings. The fourth-order valence-electron chi connectivity index (χ4n) is 2.49. The van der Waals surface area contributed by atoms with Crippen molar-refractivity contribution < 1.29 is 19.4 Å². The minimum Gasteiger partial charge on any atom is -0.482 e. The Morgan fingerprint density at radius 2 is 2.27 bits per heavy atom. The number of aromatic amines is 1. The maximum absolute atomic E-state index is 11.8. The number of ether oxygens (including phenoxy) is 1. The second kappa shape index (κ2) is 5.69. The molecule has 3 rings (SSSR count). The average molecular weight is 322 g/mol. The molecule has 114 valence electrons. The second-order valence-corrected chi connectivity index (χ2v) is 5.31.